The van der Waals surface area contributed by atoms with Gasteiger partial charge in [-0.1, -0.05) is 64.1 Å². The van der Waals surface area contributed by atoms with Crippen LogP contribution in [0.25, 0.3) is 0 Å². The second kappa shape index (κ2) is 33.3. The van der Waals surface area contributed by atoms with Gasteiger partial charge in [0, 0.05) is 50.3 Å². The van der Waals surface area contributed by atoms with Crippen molar-refractivity contribution in [2.75, 3.05) is 31.1 Å². The lowest BCUT2D eigenvalue weighted by molar-refractivity contribution is -0.192. The molecule has 0 unspecified atom stereocenters. The Balaban J connectivity index is 0.00000230. The number of phenolic OH excluding ortho intramolecular Hbond substituents is 1. The number of carboxylic acid groups (broad SMARTS) is 2. The number of aliphatic carboxylic acids is 2. The molecule has 81 heavy (non-hydrogen) atoms. The number of phenols is 1. The molecule has 2 aliphatic heterocycles. The van der Waals surface area contributed by atoms with Crippen molar-refractivity contribution in [3.63, 3.8) is 0 Å². The van der Waals surface area contributed by atoms with E-state index in [1.165, 1.54) is 17.0 Å². The highest BCUT2D eigenvalue weighted by Crippen LogP contribution is 2.26. The quantitative estimate of drug-likeness (QED) is 0.0287. The molecule has 4 rings (SSSR count). The molecule has 0 spiro atoms. The van der Waals surface area contributed by atoms with Gasteiger partial charge in [-0.25, -0.2) is 4.79 Å². The highest BCUT2D eigenvalue weighted by atomic mass is 33.1. The van der Waals surface area contributed by atoms with Crippen LogP contribution in [-0.4, -0.2) is 177 Å². The molecule has 2 saturated heterocycles. The fourth-order valence-electron chi connectivity index (χ4n) is 7.76. The van der Waals surface area contributed by atoms with Crippen LogP contribution in [0.4, 0.5) is 13.2 Å². The van der Waals surface area contributed by atoms with E-state index >= 15 is 0 Å². The Labute approximate surface area is 468 Å². The lowest BCUT2D eigenvalue weighted by Gasteiger charge is -2.30. The van der Waals surface area contributed by atoms with E-state index in [-0.39, 0.29) is 74.8 Å². The second-order valence-corrected chi connectivity index (χ2v) is 20.7. The molecule has 0 saturated carbocycles. The molecule has 10 amide bonds. The van der Waals surface area contributed by atoms with E-state index in [0.717, 1.165) is 21.6 Å². The van der Waals surface area contributed by atoms with Gasteiger partial charge in [0.05, 0.1) is 13.0 Å². The van der Waals surface area contributed by atoms with Crippen molar-refractivity contribution in [1.82, 2.24) is 42.1 Å². The van der Waals surface area contributed by atoms with Gasteiger partial charge < -0.3 is 80.4 Å². The van der Waals surface area contributed by atoms with Crippen LogP contribution in [0.15, 0.2) is 59.6 Å². The summed E-state index contributed by atoms with van der Waals surface area (Å²) in [6, 6.07) is 4.16. The van der Waals surface area contributed by atoms with Crippen molar-refractivity contribution in [2.45, 2.75) is 113 Å². The van der Waals surface area contributed by atoms with Gasteiger partial charge in [-0.2, -0.15) is 13.2 Å². The van der Waals surface area contributed by atoms with Gasteiger partial charge in [-0.15, -0.1) is 0 Å². The molecule has 33 heteroatoms. The first-order valence-electron chi connectivity index (χ1n) is 24.7. The number of hydrogen-bond donors (Lipinski definition) is 14. The number of guanidine groups is 1. The molecular formula is C48H64F3N13O15S2. The fourth-order valence-corrected chi connectivity index (χ4v) is 9.90. The summed E-state index contributed by atoms with van der Waals surface area (Å²) in [5.41, 5.74) is 22.5. The summed E-state index contributed by atoms with van der Waals surface area (Å²) in [5.74, 6) is -13.3. The molecular weight excluding hydrogens is 1120 g/mol. The third kappa shape index (κ3) is 24.7. The molecule has 2 heterocycles. The smallest absolute Gasteiger partial charge is 0.490 e. The summed E-state index contributed by atoms with van der Waals surface area (Å²) < 4.78 is 31.7. The maximum absolute atomic E-state index is 14.5. The predicted molar refractivity (Wildman–Crippen MR) is 284 cm³/mol. The average molecular weight is 1180 g/mol. The number of amides is 10. The van der Waals surface area contributed by atoms with Gasteiger partial charge in [0.25, 0.3) is 0 Å². The number of aliphatic imine (C=N–C) groups is 1. The third-order valence-corrected chi connectivity index (χ3v) is 14.1. The number of nitrogens with zero attached hydrogens (tertiary/aromatic N) is 2. The lowest BCUT2D eigenvalue weighted by atomic mass is 10.0. The van der Waals surface area contributed by atoms with E-state index in [4.69, 9.17) is 32.8 Å². The van der Waals surface area contributed by atoms with Crippen molar-refractivity contribution >= 4 is 98.6 Å². The number of hydrogen-bond acceptors (Lipinski definition) is 16. The molecule has 18 N–H and O–H groups in total. The summed E-state index contributed by atoms with van der Waals surface area (Å²) in [6.07, 6.45) is -6.79. The van der Waals surface area contributed by atoms with Crippen molar-refractivity contribution in [2.24, 2.45) is 27.9 Å². The Bertz CT molecular complexity index is 2600. The van der Waals surface area contributed by atoms with Crippen LogP contribution in [0.3, 0.4) is 0 Å². The van der Waals surface area contributed by atoms with Gasteiger partial charge in [-0.3, -0.25) is 57.7 Å². The van der Waals surface area contributed by atoms with E-state index in [1.807, 2.05) is 0 Å². The van der Waals surface area contributed by atoms with Crippen LogP contribution in [0.2, 0.25) is 0 Å². The molecule has 0 radical (unpaired) electrons. The number of carbonyl (C=O) groups is 12. The Morgan fingerprint density at radius 3 is 1.90 bits per heavy atom. The van der Waals surface area contributed by atoms with Crippen LogP contribution in [0, 0.1) is 0 Å². The summed E-state index contributed by atoms with van der Waals surface area (Å²) in [7, 11) is 2.14. The molecule has 2 aromatic carbocycles. The first-order chi connectivity index (χ1) is 38.1. The van der Waals surface area contributed by atoms with Gasteiger partial charge in [0.15, 0.2) is 5.96 Å². The molecule has 2 aliphatic rings. The molecule has 2 aromatic rings. The first-order valence-corrected chi connectivity index (χ1v) is 27.2. The van der Waals surface area contributed by atoms with Crippen molar-refractivity contribution in [1.29, 1.82) is 0 Å². The fraction of sp³-hybridized carbons (Fsp3) is 0.479. The highest BCUT2D eigenvalue weighted by Gasteiger charge is 2.41. The number of nitrogens with two attached hydrogens (primary N) is 4. The second-order valence-electron chi connectivity index (χ2n) is 18.1. The van der Waals surface area contributed by atoms with Crippen LogP contribution in [0.1, 0.15) is 62.5 Å². The summed E-state index contributed by atoms with van der Waals surface area (Å²) in [6.45, 7) is -0.437. The monoisotopic (exact) mass is 1180 g/mol. The standard InChI is InChI=1S/C46H63N13O13S2.C2HF3O2/c47-35(61)15-14-29-40(67)57-32(22-38(64)65)43(70)58-33(45(72)59-18-5-9-34(59)44(71)55-28(8-4-17-51-46(49)50)39(66)52-23-36(48)62)24-74-73-19-16-37(63)53-30(21-26-10-12-27(60)13-11-26)41(68)56-31(42(69)54-29)20-25-6-2-1-3-7-25;3-2(4,5)1(6)7/h1-3,6-7,10-13,28-34,60H,4-5,8-9,14-24H2,(H2,47,61)(H2,48,62)(H,52,66)(H,53,63)(H,54,69)(H,55,71)(H,56,68)(H,57,67)(H,58,70)(H,64,65)(H4,49,50,51);(H,6,7)/t28-,29+,30+,31+,32+,33+,34+;/m1./s1. The van der Waals surface area contributed by atoms with Crippen LogP contribution >= 0.6 is 21.6 Å². The number of alkyl halides is 3. The van der Waals surface area contributed by atoms with Crippen molar-refractivity contribution in [3.8, 4) is 5.75 Å². The zero-order valence-electron chi connectivity index (χ0n) is 43.2. The normalized spacial score (nSPS) is 20.8. The van der Waals surface area contributed by atoms with Gasteiger partial charge in [0.2, 0.25) is 59.1 Å². The molecule has 444 valence electrons. The van der Waals surface area contributed by atoms with Crippen LogP contribution in [0.5, 0.6) is 5.75 Å². The minimum absolute atomic E-state index is 0.00262. The molecule has 0 aromatic heterocycles. The van der Waals surface area contributed by atoms with Crippen LogP contribution < -0.4 is 60.2 Å². The largest absolute Gasteiger partial charge is 0.508 e. The number of primary amides is 2. The van der Waals surface area contributed by atoms with Crippen molar-refractivity contribution < 1.29 is 86.0 Å². The Kier molecular flexibility index (Phi) is 27.5. The summed E-state index contributed by atoms with van der Waals surface area (Å²) in [4.78, 5) is 161. The molecule has 7 atom stereocenters. The van der Waals surface area contributed by atoms with E-state index in [9.17, 15) is 76.1 Å². The number of aromatic hydroxyl groups is 1. The Hall–Kier alpha value is -8.36. The number of nitrogens with one attached hydrogen (secondary N) is 7. The summed E-state index contributed by atoms with van der Waals surface area (Å²) >= 11 is 0. The maximum Gasteiger partial charge on any atom is 0.490 e. The number of halogens is 3. The molecule has 2 fully saturated rings. The third-order valence-electron chi connectivity index (χ3n) is 11.7. The van der Waals surface area contributed by atoms with Gasteiger partial charge >= 0.3 is 18.1 Å². The SMILES string of the molecule is NC(=O)CC[C@@H]1NC(=O)[C@H](Cc2ccccc2)NC(=O)[C@H](Cc2ccc(O)cc2)NC(=O)CCSSC[C@@H](C(=O)N2CCC[C@H]2C(=O)N[C@H](CCCN=C(N)N)C(=O)NCC(N)=O)NC(=O)[C@H](CC(=O)O)NC1=O.O=C(O)C(F)(F)F. The highest BCUT2D eigenvalue weighted by molar-refractivity contribution is 8.76. The zero-order valence-corrected chi connectivity index (χ0v) is 44.9. The van der Waals surface area contributed by atoms with E-state index in [2.05, 4.69) is 42.2 Å². The van der Waals surface area contributed by atoms with Gasteiger partial charge in [-0.05, 0) is 55.4 Å². The Morgan fingerprint density at radius 1 is 0.753 bits per heavy atom. The number of carbonyl (C=O) groups excluding carboxylic acids is 10. The first kappa shape index (κ1) is 66.9. The molecule has 0 aliphatic carbocycles. The number of likely N-dealkylation sites (tertiary alicyclic amines) is 1. The number of benzene rings is 2. The van der Waals surface area contributed by atoms with E-state index in [0.29, 0.717) is 17.5 Å². The van der Waals surface area contributed by atoms with Crippen LogP contribution in [-0.2, 0) is 70.4 Å². The topological polar surface area (TPSA) is 469 Å². The molecule has 0 bridgehead atoms. The van der Waals surface area contributed by atoms with E-state index in [1.54, 1.807) is 42.5 Å². The average Bonchev–Trinajstić information content (AvgIpc) is 3.89. The minimum Gasteiger partial charge on any atom is -0.508 e. The maximum atomic E-state index is 14.5. The summed E-state index contributed by atoms with van der Waals surface area (Å²) in [5, 5.41) is 44.6. The zero-order chi connectivity index (χ0) is 60.4. The van der Waals surface area contributed by atoms with Crippen molar-refractivity contribution in [3.05, 3.63) is 65.7 Å². The molecule has 28 nitrogen and oxygen atoms in total. The number of carboxylic acids is 2. The Morgan fingerprint density at radius 2 is 1.32 bits per heavy atom. The van der Waals surface area contributed by atoms with E-state index < -0.39 is 145 Å². The minimum atomic E-state index is -5.08. The van der Waals surface area contributed by atoms with Gasteiger partial charge in [0.1, 0.15) is 48.0 Å². The lowest BCUT2D eigenvalue weighted by Crippen LogP contribution is -2.61. The number of rotatable bonds is 19. The predicted octanol–water partition coefficient (Wildman–Crippen LogP) is -3.11.